The number of aliphatic hydroxyl groups excluding tert-OH is 1. The topological polar surface area (TPSA) is 65.0 Å². The second kappa shape index (κ2) is 8.27. The summed E-state index contributed by atoms with van der Waals surface area (Å²) in [5, 5.41) is 9.90. The van der Waals surface area contributed by atoms with Crippen LogP contribution in [0.1, 0.15) is 32.3 Å². The molecular weight excluding hydrogens is 284 g/mol. The summed E-state index contributed by atoms with van der Waals surface area (Å²) in [6.45, 7) is 4.41. The number of hydrogen-bond acceptors (Lipinski definition) is 5. The zero-order valence-corrected chi connectivity index (χ0v) is 13.1. The highest BCUT2D eigenvalue weighted by molar-refractivity contribution is 5.66. The summed E-state index contributed by atoms with van der Waals surface area (Å²) in [6, 6.07) is 9.95. The molecule has 1 aliphatic heterocycles. The van der Waals surface area contributed by atoms with Gasteiger partial charge >= 0.3 is 5.97 Å². The summed E-state index contributed by atoms with van der Waals surface area (Å²) in [5.41, 5.74) is 1.12. The van der Waals surface area contributed by atoms with Crippen LogP contribution in [-0.4, -0.2) is 36.2 Å². The number of esters is 1. The highest BCUT2D eigenvalue weighted by atomic mass is 16.7. The quantitative estimate of drug-likeness (QED) is 0.618. The van der Waals surface area contributed by atoms with E-state index in [-0.39, 0.29) is 12.0 Å². The number of carbonyl (C=O) groups is 1. The number of hydrogen-bond donors (Lipinski definition) is 1. The van der Waals surface area contributed by atoms with Gasteiger partial charge in [-0.2, -0.15) is 0 Å². The Balaban J connectivity index is 1.83. The van der Waals surface area contributed by atoms with Crippen LogP contribution in [0.15, 0.2) is 30.3 Å². The van der Waals surface area contributed by atoms with Crippen molar-refractivity contribution in [3.8, 4) is 0 Å². The summed E-state index contributed by atoms with van der Waals surface area (Å²) in [5.74, 6) is -0.445. The molecule has 0 spiro atoms. The van der Waals surface area contributed by atoms with E-state index < -0.39 is 18.4 Å². The van der Waals surface area contributed by atoms with E-state index in [1.165, 1.54) is 6.92 Å². The van der Waals surface area contributed by atoms with E-state index in [4.69, 9.17) is 14.2 Å². The minimum absolute atomic E-state index is 0.0420. The Morgan fingerprint density at radius 1 is 1.32 bits per heavy atom. The van der Waals surface area contributed by atoms with Crippen LogP contribution in [0.3, 0.4) is 0 Å². The molecule has 1 aliphatic rings. The number of ether oxygens (including phenoxy) is 3. The molecule has 22 heavy (non-hydrogen) atoms. The smallest absolute Gasteiger partial charge is 0.303 e. The molecule has 5 nitrogen and oxygen atoms in total. The first-order valence-electron chi connectivity index (χ1n) is 7.74. The molecule has 5 heteroatoms. The van der Waals surface area contributed by atoms with Crippen molar-refractivity contribution in [3.63, 3.8) is 0 Å². The lowest BCUT2D eigenvalue weighted by Crippen LogP contribution is -2.33. The van der Waals surface area contributed by atoms with Crippen LogP contribution in [0.2, 0.25) is 0 Å². The molecule has 0 saturated carbocycles. The lowest BCUT2D eigenvalue weighted by molar-refractivity contribution is -0.168. The standard InChI is InChI=1S/C17H24O5/c1-3-15-14(16(17(19)22-15)21-12(2)18)9-10-20-11-13-7-5-4-6-8-13/h4-8,14-17,19H,3,9-11H2,1-2H3/t14?,15-,16+,17?/m1/s1. The van der Waals surface area contributed by atoms with Crippen LogP contribution in [0.4, 0.5) is 0 Å². The molecular formula is C17H24O5. The third kappa shape index (κ3) is 4.53. The van der Waals surface area contributed by atoms with Gasteiger partial charge in [0.05, 0.1) is 12.7 Å². The molecule has 1 N–H and O–H groups in total. The summed E-state index contributed by atoms with van der Waals surface area (Å²) >= 11 is 0. The molecule has 0 aromatic heterocycles. The highest BCUT2D eigenvalue weighted by Gasteiger charge is 2.44. The normalized spacial score (nSPS) is 27.8. The lowest BCUT2D eigenvalue weighted by atomic mass is 9.93. The molecule has 1 aromatic carbocycles. The first-order chi connectivity index (χ1) is 10.6. The SMILES string of the molecule is CC[C@H]1OC(O)[C@@H](OC(C)=O)C1CCOCc1ccccc1. The average Bonchev–Trinajstić information content (AvgIpc) is 2.80. The lowest BCUT2D eigenvalue weighted by Gasteiger charge is -2.22. The maximum absolute atomic E-state index is 11.2. The van der Waals surface area contributed by atoms with E-state index in [2.05, 4.69) is 0 Å². The molecule has 0 aliphatic carbocycles. The fourth-order valence-electron chi connectivity index (χ4n) is 2.85. The van der Waals surface area contributed by atoms with E-state index in [0.29, 0.717) is 19.6 Å². The number of aliphatic hydroxyl groups is 1. The maximum atomic E-state index is 11.2. The van der Waals surface area contributed by atoms with Crippen LogP contribution in [-0.2, 0) is 25.6 Å². The Bertz CT molecular complexity index is 461. The monoisotopic (exact) mass is 308 g/mol. The summed E-state index contributed by atoms with van der Waals surface area (Å²) < 4.78 is 16.4. The fraction of sp³-hybridized carbons (Fsp3) is 0.588. The van der Waals surface area contributed by atoms with Crippen molar-refractivity contribution in [1.82, 2.24) is 0 Å². The van der Waals surface area contributed by atoms with Crippen molar-refractivity contribution < 1.29 is 24.1 Å². The molecule has 1 saturated heterocycles. The van der Waals surface area contributed by atoms with E-state index in [0.717, 1.165) is 12.0 Å². The Labute approximate surface area is 131 Å². The van der Waals surface area contributed by atoms with Gasteiger partial charge in [0.25, 0.3) is 0 Å². The van der Waals surface area contributed by atoms with Gasteiger partial charge in [-0.05, 0) is 18.4 Å². The summed E-state index contributed by atoms with van der Waals surface area (Å²) in [7, 11) is 0. The van der Waals surface area contributed by atoms with Gasteiger partial charge in [-0.1, -0.05) is 37.3 Å². The predicted molar refractivity (Wildman–Crippen MR) is 80.9 cm³/mol. The van der Waals surface area contributed by atoms with E-state index in [9.17, 15) is 9.90 Å². The molecule has 1 aromatic rings. The molecule has 2 unspecified atom stereocenters. The van der Waals surface area contributed by atoms with Gasteiger partial charge in [-0.3, -0.25) is 4.79 Å². The van der Waals surface area contributed by atoms with Crippen molar-refractivity contribution in [1.29, 1.82) is 0 Å². The van der Waals surface area contributed by atoms with Crippen molar-refractivity contribution in [2.75, 3.05) is 6.61 Å². The van der Waals surface area contributed by atoms with Crippen molar-refractivity contribution in [2.45, 2.75) is 51.8 Å². The highest BCUT2D eigenvalue weighted by Crippen LogP contribution is 2.33. The second-order valence-corrected chi connectivity index (χ2v) is 5.54. The first-order valence-corrected chi connectivity index (χ1v) is 7.74. The largest absolute Gasteiger partial charge is 0.457 e. The number of carbonyl (C=O) groups excluding carboxylic acids is 1. The molecule has 0 bridgehead atoms. The molecule has 1 heterocycles. The van der Waals surface area contributed by atoms with Gasteiger partial charge < -0.3 is 19.3 Å². The van der Waals surface area contributed by atoms with Crippen molar-refractivity contribution in [3.05, 3.63) is 35.9 Å². The third-order valence-corrected chi connectivity index (χ3v) is 3.91. The van der Waals surface area contributed by atoms with E-state index in [1.807, 2.05) is 37.3 Å². The molecule has 122 valence electrons. The van der Waals surface area contributed by atoms with Gasteiger partial charge in [-0.15, -0.1) is 0 Å². The fourth-order valence-corrected chi connectivity index (χ4v) is 2.85. The van der Waals surface area contributed by atoms with Crippen LogP contribution >= 0.6 is 0 Å². The summed E-state index contributed by atoms with van der Waals surface area (Å²) in [4.78, 5) is 11.2. The van der Waals surface area contributed by atoms with Crippen LogP contribution in [0.5, 0.6) is 0 Å². The van der Waals surface area contributed by atoms with Crippen LogP contribution < -0.4 is 0 Å². The average molecular weight is 308 g/mol. The molecule has 0 amide bonds. The first kappa shape index (κ1) is 16.9. The van der Waals surface area contributed by atoms with Gasteiger partial charge in [0, 0.05) is 19.4 Å². The third-order valence-electron chi connectivity index (χ3n) is 3.91. The Morgan fingerprint density at radius 2 is 2.05 bits per heavy atom. The molecule has 2 rings (SSSR count). The van der Waals surface area contributed by atoms with Crippen molar-refractivity contribution in [2.24, 2.45) is 5.92 Å². The number of benzene rings is 1. The molecule has 1 fully saturated rings. The Hall–Kier alpha value is -1.43. The maximum Gasteiger partial charge on any atom is 0.303 e. The van der Waals surface area contributed by atoms with E-state index >= 15 is 0 Å². The van der Waals surface area contributed by atoms with Gasteiger partial charge in [0.1, 0.15) is 0 Å². The van der Waals surface area contributed by atoms with Gasteiger partial charge in [-0.25, -0.2) is 0 Å². The predicted octanol–water partition coefficient (Wildman–Crippen LogP) is 2.27. The second-order valence-electron chi connectivity index (χ2n) is 5.54. The minimum Gasteiger partial charge on any atom is -0.457 e. The van der Waals surface area contributed by atoms with Crippen molar-refractivity contribution >= 4 is 5.97 Å². The zero-order valence-electron chi connectivity index (χ0n) is 13.1. The number of rotatable bonds is 7. The zero-order chi connectivity index (χ0) is 15.9. The minimum atomic E-state index is -1.05. The molecule has 4 atom stereocenters. The summed E-state index contributed by atoms with van der Waals surface area (Å²) in [6.07, 6.45) is -0.325. The van der Waals surface area contributed by atoms with Gasteiger partial charge in [0.2, 0.25) is 0 Å². The van der Waals surface area contributed by atoms with E-state index in [1.54, 1.807) is 0 Å². The Kier molecular flexibility index (Phi) is 6.36. The van der Waals surface area contributed by atoms with Gasteiger partial charge in [0.15, 0.2) is 12.4 Å². The Morgan fingerprint density at radius 3 is 2.68 bits per heavy atom. The van der Waals surface area contributed by atoms with Crippen LogP contribution in [0.25, 0.3) is 0 Å². The molecule has 0 radical (unpaired) electrons. The van der Waals surface area contributed by atoms with Crippen LogP contribution in [0, 0.1) is 5.92 Å².